The van der Waals surface area contributed by atoms with Gasteiger partial charge in [-0.05, 0) is 0 Å². The number of rotatable bonds is 2. The van der Waals surface area contributed by atoms with Gasteiger partial charge in [-0.1, -0.05) is 15.9 Å². The first kappa shape index (κ1) is 6.40. The fourth-order valence-corrected chi connectivity index (χ4v) is 0.0745. The van der Waals surface area contributed by atoms with Crippen LogP contribution in [-0.4, -0.2) is 23.1 Å². The van der Waals surface area contributed by atoms with E-state index in [0.29, 0.717) is 6.54 Å². The molecule has 0 aromatic carbocycles. The van der Waals surface area contributed by atoms with Crippen molar-refractivity contribution < 1.29 is 5.11 Å². The van der Waals surface area contributed by atoms with Crippen molar-refractivity contribution in [1.82, 2.24) is 0 Å². The highest BCUT2D eigenvalue weighted by Gasteiger charge is 1.93. The number of aliphatic hydroxyl groups is 1. The van der Waals surface area contributed by atoms with Crippen molar-refractivity contribution in [1.29, 1.82) is 0 Å². The molecule has 3 heteroatoms. The van der Waals surface area contributed by atoms with E-state index in [0.717, 1.165) is 0 Å². The van der Waals surface area contributed by atoms with E-state index in [4.69, 9.17) is 10.8 Å². The van der Waals surface area contributed by atoms with E-state index >= 15 is 0 Å². The van der Waals surface area contributed by atoms with E-state index < -0.39 is 0 Å². The number of nitrogens with two attached hydrogens (primary N) is 1. The molecule has 1 unspecified atom stereocenters. The molecular weight excluding hydrogens is 146 g/mol. The maximum absolute atomic E-state index is 8.21. The minimum atomic E-state index is 0.0810. The Bertz CT molecular complexity index is 30.0. The Morgan fingerprint density at radius 2 is 2.33 bits per heavy atom. The normalized spacial score (nSPS) is 14.5. The van der Waals surface area contributed by atoms with Gasteiger partial charge in [0.15, 0.2) is 0 Å². The summed E-state index contributed by atoms with van der Waals surface area (Å²) < 4.78 is 0. The molecule has 0 spiro atoms. The second-order valence-corrected chi connectivity index (χ2v) is 2.31. The molecule has 3 N–H and O–H groups in total. The van der Waals surface area contributed by atoms with Crippen molar-refractivity contribution in [3.63, 3.8) is 0 Å². The van der Waals surface area contributed by atoms with Gasteiger partial charge in [-0.3, -0.25) is 0 Å². The van der Waals surface area contributed by atoms with Gasteiger partial charge in [-0.2, -0.15) is 0 Å². The minimum absolute atomic E-state index is 0.0810. The molecule has 0 aliphatic carbocycles. The highest BCUT2D eigenvalue weighted by molar-refractivity contribution is 9.09. The van der Waals surface area contributed by atoms with Crippen molar-refractivity contribution >= 4 is 15.9 Å². The van der Waals surface area contributed by atoms with E-state index in [1.807, 2.05) is 0 Å². The van der Waals surface area contributed by atoms with Gasteiger partial charge in [0.25, 0.3) is 0 Å². The Hall–Kier alpha value is 0.400. The maximum atomic E-state index is 8.21. The van der Waals surface area contributed by atoms with Crippen molar-refractivity contribution in [3.05, 3.63) is 0 Å². The third-order valence-electron chi connectivity index (χ3n) is 0.454. The predicted molar refractivity (Wildman–Crippen MR) is 28.9 cm³/mol. The lowest BCUT2D eigenvalue weighted by Gasteiger charge is -1.95. The third kappa shape index (κ3) is 2.63. The zero-order valence-corrected chi connectivity index (χ0v) is 4.98. The molecule has 0 aromatic heterocycles. The summed E-state index contributed by atoms with van der Waals surface area (Å²) in [4.78, 5) is 0.0810. The molecule has 6 heavy (non-hydrogen) atoms. The number of halogens is 1. The van der Waals surface area contributed by atoms with E-state index in [-0.39, 0.29) is 11.4 Å². The molecular formula is C3H8BrNO. The summed E-state index contributed by atoms with van der Waals surface area (Å²) in [6, 6.07) is 0. The van der Waals surface area contributed by atoms with Crippen LogP contribution >= 0.6 is 15.9 Å². The Morgan fingerprint density at radius 1 is 1.83 bits per heavy atom. The lowest BCUT2D eigenvalue weighted by atomic mass is 10.5. The lowest BCUT2D eigenvalue weighted by molar-refractivity contribution is 0.298. The highest BCUT2D eigenvalue weighted by atomic mass is 79.9. The van der Waals surface area contributed by atoms with Crippen LogP contribution in [0.15, 0.2) is 0 Å². The van der Waals surface area contributed by atoms with Crippen molar-refractivity contribution in [3.8, 4) is 0 Å². The third-order valence-corrected chi connectivity index (χ3v) is 1.12. The molecule has 0 saturated carbocycles. The van der Waals surface area contributed by atoms with Crippen LogP contribution in [-0.2, 0) is 0 Å². The maximum Gasteiger partial charge on any atom is 0.0568 e. The summed E-state index contributed by atoms with van der Waals surface area (Å²) in [7, 11) is 0. The summed E-state index contributed by atoms with van der Waals surface area (Å²) >= 11 is 3.10. The second-order valence-electron chi connectivity index (χ2n) is 1.02. The Balaban J connectivity index is 2.75. The molecule has 0 aromatic rings. The fraction of sp³-hybridized carbons (Fsp3) is 1.00. The van der Waals surface area contributed by atoms with E-state index in [1.165, 1.54) is 0 Å². The largest absolute Gasteiger partial charge is 0.395 e. The summed E-state index contributed by atoms with van der Waals surface area (Å²) in [5.74, 6) is 0. The zero-order valence-electron chi connectivity index (χ0n) is 3.39. The number of hydrogen-bond acceptors (Lipinski definition) is 2. The van der Waals surface area contributed by atoms with Crippen LogP contribution in [0.1, 0.15) is 0 Å². The first-order valence-electron chi connectivity index (χ1n) is 1.76. The molecule has 0 radical (unpaired) electrons. The van der Waals surface area contributed by atoms with Gasteiger partial charge < -0.3 is 10.8 Å². The predicted octanol–water partition coefficient (Wildman–Crippen LogP) is -0.299. The smallest absolute Gasteiger partial charge is 0.0568 e. The minimum Gasteiger partial charge on any atom is -0.395 e. The average Bonchev–Trinajstić information content (AvgIpc) is 1.65. The first-order valence-corrected chi connectivity index (χ1v) is 2.67. The first-order chi connectivity index (χ1) is 2.81. The van der Waals surface area contributed by atoms with Crippen LogP contribution < -0.4 is 5.73 Å². The molecule has 0 fully saturated rings. The van der Waals surface area contributed by atoms with Crippen LogP contribution in [0, 0.1) is 0 Å². The molecule has 0 heterocycles. The molecule has 0 bridgehead atoms. The lowest BCUT2D eigenvalue weighted by Crippen LogP contribution is -2.16. The Morgan fingerprint density at radius 3 is 2.33 bits per heavy atom. The van der Waals surface area contributed by atoms with Gasteiger partial charge in [0, 0.05) is 11.4 Å². The molecule has 2 nitrogen and oxygen atoms in total. The van der Waals surface area contributed by atoms with Crippen LogP contribution in [0.25, 0.3) is 0 Å². The van der Waals surface area contributed by atoms with E-state index in [2.05, 4.69) is 15.9 Å². The second kappa shape index (κ2) is 3.59. The van der Waals surface area contributed by atoms with Crippen molar-refractivity contribution in [2.45, 2.75) is 4.83 Å². The molecule has 0 aliphatic heterocycles. The Kier molecular flexibility index (Phi) is 3.82. The summed E-state index contributed by atoms with van der Waals surface area (Å²) in [5, 5.41) is 8.21. The van der Waals surface area contributed by atoms with Gasteiger partial charge in [0.05, 0.1) is 6.61 Å². The van der Waals surface area contributed by atoms with Crippen LogP contribution in [0.4, 0.5) is 0 Å². The number of alkyl halides is 1. The van der Waals surface area contributed by atoms with Gasteiger partial charge in [-0.25, -0.2) is 0 Å². The van der Waals surface area contributed by atoms with Crippen LogP contribution in [0.2, 0.25) is 0 Å². The zero-order chi connectivity index (χ0) is 4.99. The number of aliphatic hydroxyl groups excluding tert-OH is 1. The van der Waals surface area contributed by atoms with E-state index in [9.17, 15) is 0 Å². The fourth-order valence-electron chi connectivity index (χ4n) is 0.0745. The molecule has 1 atom stereocenters. The van der Waals surface area contributed by atoms with Gasteiger partial charge >= 0.3 is 0 Å². The number of hydrogen-bond donors (Lipinski definition) is 2. The molecule has 0 amide bonds. The van der Waals surface area contributed by atoms with Crippen LogP contribution in [0.3, 0.4) is 0 Å². The standard InChI is InChI=1S/C3H8BrNO/c4-3(1-5)2-6/h3,6H,1-2,5H2. The van der Waals surface area contributed by atoms with Gasteiger partial charge in [0.1, 0.15) is 0 Å². The molecule has 0 rings (SSSR count). The van der Waals surface area contributed by atoms with Gasteiger partial charge in [-0.15, -0.1) is 0 Å². The van der Waals surface area contributed by atoms with Crippen LogP contribution in [0.5, 0.6) is 0 Å². The Labute approximate surface area is 45.5 Å². The van der Waals surface area contributed by atoms with Gasteiger partial charge in [0.2, 0.25) is 0 Å². The summed E-state index contributed by atoms with van der Waals surface area (Å²) in [5.41, 5.74) is 5.08. The SMILES string of the molecule is NCC(Br)CO. The highest BCUT2D eigenvalue weighted by Crippen LogP contribution is 1.91. The van der Waals surface area contributed by atoms with E-state index in [1.54, 1.807) is 0 Å². The van der Waals surface area contributed by atoms with Crippen molar-refractivity contribution in [2.75, 3.05) is 13.2 Å². The summed E-state index contributed by atoms with van der Waals surface area (Å²) in [6.07, 6.45) is 0. The monoisotopic (exact) mass is 153 g/mol. The molecule has 0 saturated heterocycles. The average molecular weight is 154 g/mol. The topological polar surface area (TPSA) is 46.2 Å². The quantitative estimate of drug-likeness (QED) is 0.536. The molecule has 38 valence electrons. The summed E-state index contributed by atoms with van der Waals surface area (Å²) in [6.45, 7) is 0.618. The molecule has 0 aliphatic rings. The van der Waals surface area contributed by atoms with Crippen molar-refractivity contribution in [2.24, 2.45) is 5.73 Å².